The number of aliphatic hydroxyl groups is 1. The second kappa shape index (κ2) is 7.23. The second-order valence-corrected chi connectivity index (χ2v) is 5.40. The number of anilines is 1. The van der Waals surface area contributed by atoms with E-state index in [1.165, 1.54) is 29.5 Å². The highest BCUT2D eigenvalue weighted by Gasteiger charge is 2.11. The van der Waals surface area contributed by atoms with Crippen LogP contribution in [0.2, 0.25) is 5.02 Å². The van der Waals surface area contributed by atoms with Crippen molar-refractivity contribution in [1.29, 1.82) is 0 Å². The van der Waals surface area contributed by atoms with Crippen molar-refractivity contribution in [2.75, 3.05) is 11.9 Å². The van der Waals surface area contributed by atoms with Gasteiger partial charge in [-0.15, -0.1) is 11.3 Å². The van der Waals surface area contributed by atoms with Gasteiger partial charge in [0.15, 0.2) is 0 Å². The summed E-state index contributed by atoms with van der Waals surface area (Å²) in [5, 5.41) is 13.1. The van der Waals surface area contributed by atoms with Crippen LogP contribution in [0.15, 0.2) is 29.6 Å². The molecule has 0 atom stereocenters. The molecule has 0 aliphatic rings. The van der Waals surface area contributed by atoms with Crippen molar-refractivity contribution in [3.63, 3.8) is 0 Å². The van der Waals surface area contributed by atoms with E-state index in [4.69, 9.17) is 16.7 Å². The van der Waals surface area contributed by atoms with Crippen LogP contribution in [0.1, 0.15) is 21.7 Å². The number of hydrogen-bond acceptors (Lipinski definition) is 3. The molecule has 0 aliphatic heterocycles. The van der Waals surface area contributed by atoms with Crippen LogP contribution in [0.25, 0.3) is 0 Å². The highest BCUT2D eigenvalue weighted by molar-refractivity contribution is 7.10. The van der Waals surface area contributed by atoms with Gasteiger partial charge in [0.2, 0.25) is 0 Å². The lowest BCUT2D eigenvalue weighted by atomic mass is 10.2. The molecule has 1 aromatic heterocycles. The Balaban J connectivity index is 2.11. The Hall–Kier alpha value is -1.87. The zero-order valence-corrected chi connectivity index (χ0v) is 12.4. The van der Waals surface area contributed by atoms with E-state index in [-0.39, 0.29) is 12.3 Å². The zero-order chi connectivity index (χ0) is 15.2. The molecule has 0 bridgehead atoms. The summed E-state index contributed by atoms with van der Waals surface area (Å²) in [7, 11) is 0. The summed E-state index contributed by atoms with van der Waals surface area (Å²) in [6, 6.07) is 5.57. The van der Waals surface area contributed by atoms with Gasteiger partial charge in [-0.25, -0.2) is 4.39 Å². The molecule has 0 radical (unpaired) electrons. The van der Waals surface area contributed by atoms with E-state index >= 15 is 0 Å². The van der Waals surface area contributed by atoms with Crippen molar-refractivity contribution in [3.05, 3.63) is 50.9 Å². The molecule has 0 saturated carbocycles. The molecule has 2 rings (SSSR count). The molecule has 2 N–H and O–H groups in total. The van der Waals surface area contributed by atoms with E-state index in [1.807, 2.05) is 0 Å². The van der Waals surface area contributed by atoms with Crippen LogP contribution < -0.4 is 5.32 Å². The van der Waals surface area contributed by atoms with E-state index < -0.39 is 11.7 Å². The maximum atomic E-state index is 13.5. The number of nitrogens with one attached hydrogen (secondary N) is 1. The van der Waals surface area contributed by atoms with E-state index in [2.05, 4.69) is 17.2 Å². The van der Waals surface area contributed by atoms with E-state index in [9.17, 15) is 9.18 Å². The first kappa shape index (κ1) is 15.5. The van der Waals surface area contributed by atoms with Gasteiger partial charge in [0.1, 0.15) is 5.82 Å². The SMILES string of the molecule is O=C(Nc1cc(Cl)ccc1F)c1csc(C#CCCO)c1. The number of thiophene rings is 1. The third kappa shape index (κ3) is 4.30. The molecule has 1 amide bonds. The van der Waals surface area contributed by atoms with Crippen LogP contribution in [0.4, 0.5) is 10.1 Å². The maximum Gasteiger partial charge on any atom is 0.256 e. The molecule has 0 aliphatic carbocycles. The highest BCUT2D eigenvalue weighted by atomic mass is 35.5. The Kier molecular flexibility index (Phi) is 5.34. The minimum atomic E-state index is -0.550. The van der Waals surface area contributed by atoms with Crippen molar-refractivity contribution >= 4 is 34.5 Å². The van der Waals surface area contributed by atoms with Gasteiger partial charge in [0.05, 0.1) is 22.7 Å². The van der Waals surface area contributed by atoms with Crippen molar-refractivity contribution in [3.8, 4) is 11.8 Å². The van der Waals surface area contributed by atoms with Gasteiger partial charge in [-0.1, -0.05) is 23.4 Å². The highest BCUT2D eigenvalue weighted by Crippen LogP contribution is 2.21. The van der Waals surface area contributed by atoms with E-state index in [0.29, 0.717) is 21.9 Å². The molecule has 1 heterocycles. The Morgan fingerprint density at radius 1 is 1.43 bits per heavy atom. The summed E-state index contributed by atoms with van der Waals surface area (Å²) >= 11 is 7.08. The largest absolute Gasteiger partial charge is 0.395 e. The summed E-state index contributed by atoms with van der Waals surface area (Å²) in [5.74, 6) is 4.63. The van der Waals surface area contributed by atoms with Crippen molar-refractivity contribution in [2.45, 2.75) is 6.42 Å². The lowest BCUT2D eigenvalue weighted by molar-refractivity contribution is 0.102. The van der Waals surface area contributed by atoms with Gasteiger partial charge in [0, 0.05) is 16.8 Å². The summed E-state index contributed by atoms with van der Waals surface area (Å²) < 4.78 is 13.5. The summed E-state index contributed by atoms with van der Waals surface area (Å²) in [6.45, 7) is -0.000236. The standard InChI is InChI=1S/C15H11ClFNO2S/c16-11-4-5-13(17)14(8-11)18-15(20)10-7-12(21-9-10)3-1-2-6-19/h4-5,7-9,19H,2,6H2,(H,18,20). The molecule has 21 heavy (non-hydrogen) atoms. The Morgan fingerprint density at radius 3 is 3.00 bits per heavy atom. The smallest absolute Gasteiger partial charge is 0.256 e. The van der Waals surface area contributed by atoms with Gasteiger partial charge in [-0.05, 0) is 24.3 Å². The van der Waals surface area contributed by atoms with Crippen LogP contribution >= 0.6 is 22.9 Å². The quantitative estimate of drug-likeness (QED) is 0.849. The fourth-order valence-corrected chi connectivity index (χ4v) is 2.44. The molecule has 2 aromatic rings. The first-order valence-electron chi connectivity index (χ1n) is 6.05. The van der Waals surface area contributed by atoms with Crippen LogP contribution in [0.5, 0.6) is 0 Å². The predicted octanol–water partition coefficient (Wildman–Crippen LogP) is 3.53. The summed E-state index contributed by atoms with van der Waals surface area (Å²) in [6.07, 6.45) is 0.382. The molecular weight excluding hydrogens is 313 g/mol. The number of rotatable bonds is 3. The molecule has 108 valence electrons. The fourth-order valence-electron chi connectivity index (χ4n) is 1.51. The van der Waals surface area contributed by atoms with E-state index in [0.717, 1.165) is 0 Å². The van der Waals surface area contributed by atoms with Crippen LogP contribution in [0.3, 0.4) is 0 Å². The molecule has 0 saturated heterocycles. The fraction of sp³-hybridized carbons (Fsp3) is 0.133. The maximum absolute atomic E-state index is 13.5. The molecule has 0 unspecified atom stereocenters. The Labute approximate surface area is 130 Å². The summed E-state index contributed by atoms with van der Waals surface area (Å²) in [5.41, 5.74) is 0.430. The van der Waals surface area contributed by atoms with Gasteiger partial charge in [0.25, 0.3) is 5.91 Å². The topological polar surface area (TPSA) is 49.3 Å². The van der Waals surface area contributed by atoms with Gasteiger partial charge >= 0.3 is 0 Å². The number of hydrogen-bond donors (Lipinski definition) is 2. The number of amides is 1. The lowest BCUT2D eigenvalue weighted by Gasteiger charge is -2.05. The average molecular weight is 324 g/mol. The number of benzene rings is 1. The molecular formula is C15H11ClFNO2S. The minimum absolute atomic E-state index is 0.000236. The first-order valence-corrected chi connectivity index (χ1v) is 7.30. The molecule has 0 fully saturated rings. The minimum Gasteiger partial charge on any atom is -0.395 e. The van der Waals surface area contributed by atoms with Crippen LogP contribution in [-0.2, 0) is 0 Å². The first-order chi connectivity index (χ1) is 10.1. The third-order valence-corrected chi connectivity index (χ3v) is 3.57. The number of halogens is 2. The average Bonchev–Trinajstić information content (AvgIpc) is 2.92. The number of carbonyl (C=O) groups is 1. The summed E-state index contributed by atoms with van der Waals surface area (Å²) in [4.78, 5) is 12.7. The lowest BCUT2D eigenvalue weighted by Crippen LogP contribution is -2.12. The third-order valence-electron chi connectivity index (χ3n) is 2.49. The van der Waals surface area contributed by atoms with Crippen LogP contribution in [0, 0.1) is 17.7 Å². The van der Waals surface area contributed by atoms with Crippen molar-refractivity contribution in [1.82, 2.24) is 0 Å². The molecule has 1 aromatic carbocycles. The monoisotopic (exact) mass is 323 g/mol. The number of carbonyl (C=O) groups excluding carboxylic acids is 1. The number of aliphatic hydroxyl groups excluding tert-OH is 1. The Bertz CT molecular complexity index is 718. The van der Waals surface area contributed by atoms with E-state index in [1.54, 1.807) is 11.4 Å². The molecule has 0 spiro atoms. The van der Waals surface area contributed by atoms with Gasteiger partial charge in [-0.3, -0.25) is 4.79 Å². The van der Waals surface area contributed by atoms with Crippen molar-refractivity contribution < 1.29 is 14.3 Å². The normalized spacial score (nSPS) is 9.86. The van der Waals surface area contributed by atoms with Crippen molar-refractivity contribution in [2.24, 2.45) is 0 Å². The second-order valence-electron chi connectivity index (χ2n) is 4.05. The van der Waals surface area contributed by atoms with Crippen LogP contribution in [-0.4, -0.2) is 17.6 Å². The molecule has 3 nitrogen and oxygen atoms in total. The van der Waals surface area contributed by atoms with Gasteiger partial charge < -0.3 is 10.4 Å². The Morgan fingerprint density at radius 2 is 2.24 bits per heavy atom. The van der Waals surface area contributed by atoms with Gasteiger partial charge in [-0.2, -0.15) is 0 Å². The zero-order valence-electron chi connectivity index (χ0n) is 10.8. The molecule has 6 heteroatoms. The predicted molar refractivity (Wildman–Crippen MR) is 82.3 cm³/mol.